The van der Waals surface area contributed by atoms with Crippen LogP contribution in [0.5, 0.6) is 11.5 Å². The van der Waals surface area contributed by atoms with Crippen LogP contribution in [0.15, 0.2) is 12.1 Å². The van der Waals surface area contributed by atoms with Gasteiger partial charge in [0.05, 0.1) is 34.4 Å². The number of likely N-dealkylation sites (N-methyl/N-ethyl adjacent to an activating group) is 1. The highest BCUT2D eigenvalue weighted by Crippen LogP contribution is 2.35. The van der Waals surface area contributed by atoms with Gasteiger partial charge in [-0.05, 0) is 24.6 Å². The summed E-state index contributed by atoms with van der Waals surface area (Å²) in [6, 6.07) is 4.89. The van der Waals surface area contributed by atoms with Crippen LogP contribution < -0.4 is 21.9 Å². The molecule has 18 heavy (non-hydrogen) atoms. The number of hydrogen-bond acceptors (Lipinski definition) is 2. The minimum absolute atomic E-state index is 0. The fourth-order valence-electron chi connectivity index (χ4n) is 2.46. The van der Waals surface area contributed by atoms with E-state index in [0.29, 0.717) is 6.04 Å². The number of fused-ring (bicyclic) bond motifs is 1. The van der Waals surface area contributed by atoms with E-state index in [1.165, 1.54) is 11.1 Å². The van der Waals surface area contributed by atoms with E-state index in [1.54, 1.807) is 14.2 Å². The molecule has 0 fully saturated rings. The molecule has 0 saturated heterocycles. The molecule has 3 nitrogen and oxygen atoms in total. The standard InChI is InChI=1S/C14H22NO2.ClH/c1-10-6-11-7-13(16-4)14(17-5)8-12(11)9-15(10,2)3;/h7-8,10H,6,9H2,1-5H3;1H/q+1;/p-1. The summed E-state index contributed by atoms with van der Waals surface area (Å²) in [7, 11) is 7.95. The molecule has 0 saturated carbocycles. The molecule has 1 aliphatic heterocycles. The quantitative estimate of drug-likeness (QED) is 0.658. The van der Waals surface area contributed by atoms with Crippen molar-refractivity contribution in [2.45, 2.75) is 25.9 Å². The van der Waals surface area contributed by atoms with Gasteiger partial charge in [-0.1, -0.05) is 0 Å². The molecule has 0 amide bonds. The van der Waals surface area contributed by atoms with Gasteiger partial charge in [-0.3, -0.25) is 0 Å². The van der Waals surface area contributed by atoms with Gasteiger partial charge in [0.1, 0.15) is 6.54 Å². The second-order valence-corrected chi connectivity index (χ2v) is 5.47. The smallest absolute Gasteiger partial charge is 0.161 e. The lowest BCUT2D eigenvalue weighted by atomic mass is 9.93. The molecule has 1 aliphatic rings. The predicted molar refractivity (Wildman–Crippen MR) is 68.5 cm³/mol. The van der Waals surface area contributed by atoms with Crippen molar-refractivity contribution in [3.63, 3.8) is 0 Å². The molecule has 0 aromatic heterocycles. The average Bonchev–Trinajstić information content (AvgIpc) is 2.28. The second-order valence-electron chi connectivity index (χ2n) is 5.47. The van der Waals surface area contributed by atoms with Crippen molar-refractivity contribution in [3.05, 3.63) is 23.3 Å². The Morgan fingerprint density at radius 1 is 1.06 bits per heavy atom. The third-order valence-corrected chi connectivity index (χ3v) is 3.99. The SMILES string of the molecule is COc1cc2c(cc1OC)C[N+](C)(C)C(C)C2.[Cl-]. The van der Waals surface area contributed by atoms with Crippen LogP contribution in [0.2, 0.25) is 0 Å². The molecular formula is C14H22ClNO2. The normalized spacial score (nSPS) is 20.6. The summed E-state index contributed by atoms with van der Waals surface area (Å²) in [5, 5.41) is 0. The van der Waals surface area contributed by atoms with Crippen molar-refractivity contribution in [2.24, 2.45) is 0 Å². The maximum absolute atomic E-state index is 5.37. The summed E-state index contributed by atoms with van der Waals surface area (Å²) in [6.45, 7) is 3.36. The Balaban J connectivity index is 0.00000162. The van der Waals surface area contributed by atoms with Crippen molar-refractivity contribution in [1.82, 2.24) is 0 Å². The predicted octanol–water partition coefficient (Wildman–Crippen LogP) is -0.771. The molecule has 0 spiro atoms. The zero-order chi connectivity index (χ0) is 12.6. The topological polar surface area (TPSA) is 18.5 Å². The first-order valence-corrected chi connectivity index (χ1v) is 6.04. The minimum atomic E-state index is 0. The van der Waals surface area contributed by atoms with Gasteiger partial charge >= 0.3 is 0 Å². The third-order valence-electron chi connectivity index (χ3n) is 3.99. The number of ether oxygens (including phenoxy) is 2. The van der Waals surface area contributed by atoms with Crippen molar-refractivity contribution in [2.75, 3.05) is 28.3 Å². The summed E-state index contributed by atoms with van der Waals surface area (Å²) in [5.74, 6) is 1.67. The van der Waals surface area contributed by atoms with Crippen LogP contribution in [0.4, 0.5) is 0 Å². The number of methoxy groups -OCH3 is 2. The fourth-order valence-corrected chi connectivity index (χ4v) is 2.46. The molecule has 0 bridgehead atoms. The van der Waals surface area contributed by atoms with Gasteiger partial charge in [0.15, 0.2) is 11.5 Å². The van der Waals surface area contributed by atoms with E-state index in [2.05, 4.69) is 33.2 Å². The van der Waals surface area contributed by atoms with Crippen LogP contribution in [0.1, 0.15) is 18.1 Å². The molecule has 1 atom stereocenters. The summed E-state index contributed by atoms with van der Waals surface area (Å²) < 4.78 is 11.8. The number of benzene rings is 1. The zero-order valence-electron chi connectivity index (χ0n) is 11.8. The summed E-state index contributed by atoms with van der Waals surface area (Å²) >= 11 is 0. The summed E-state index contributed by atoms with van der Waals surface area (Å²) in [4.78, 5) is 0. The Labute approximate surface area is 116 Å². The van der Waals surface area contributed by atoms with Crippen molar-refractivity contribution in [1.29, 1.82) is 0 Å². The number of quaternary nitrogens is 1. The summed E-state index contributed by atoms with van der Waals surface area (Å²) in [6.07, 6.45) is 1.10. The zero-order valence-corrected chi connectivity index (χ0v) is 12.5. The van der Waals surface area contributed by atoms with Crippen LogP contribution in [-0.2, 0) is 13.0 Å². The molecule has 1 aromatic rings. The van der Waals surface area contributed by atoms with Crippen LogP contribution in [0.3, 0.4) is 0 Å². The Hall–Kier alpha value is -0.930. The van der Waals surface area contributed by atoms with E-state index in [1.807, 2.05) is 0 Å². The molecule has 1 heterocycles. The van der Waals surface area contributed by atoms with Crippen molar-refractivity contribution in [3.8, 4) is 11.5 Å². The fraction of sp³-hybridized carbons (Fsp3) is 0.571. The highest BCUT2D eigenvalue weighted by atomic mass is 35.5. The lowest BCUT2D eigenvalue weighted by Gasteiger charge is -2.40. The van der Waals surface area contributed by atoms with Gasteiger partial charge in [0.2, 0.25) is 0 Å². The first-order chi connectivity index (χ1) is 7.97. The number of hydrogen-bond donors (Lipinski definition) is 0. The lowest BCUT2D eigenvalue weighted by molar-refractivity contribution is -0.928. The highest BCUT2D eigenvalue weighted by Gasteiger charge is 2.32. The summed E-state index contributed by atoms with van der Waals surface area (Å²) in [5.41, 5.74) is 2.78. The largest absolute Gasteiger partial charge is 1.00 e. The van der Waals surface area contributed by atoms with Gasteiger partial charge in [-0.15, -0.1) is 0 Å². The Bertz CT molecular complexity index is 432. The highest BCUT2D eigenvalue weighted by molar-refractivity contribution is 5.48. The molecule has 0 N–H and O–H groups in total. The molecule has 2 rings (SSSR count). The van der Waals surface area contributed by atoms with E-state index in [0.717, 1.165) is 28.9 Å². The molecule has 1 unspecified atom stereocenters. The van der Waals surface area contributed by atoms with Crippen LogP contribution >= 0.6 is 0 Å². The first-order valence-electron chi connectivity index (χ1n) is 6.04. The van der Waals surface area contributed by atoms with E-state index in [9.17, 15) is 0 Å². The number of halogens is 1. The third kappa shape index (κ3) is 2.57. The van der Waals surface area contributed by atoms with Gasteiger partial charge < -0.3 is 26.4 Å². The monoisotopic (exact) mass is 271 g/mol. The lowest BCUT2D eigenvalue weighted by Crippen LogP contribution is -3.00. The number of nitrogens with zero attached hydrogens (tertiary/aromatic N) is 1. The van der Waals surface area contributed by atoms with Crippen LogP contribution in [0, 0.1) is 0 Å². The minimum Gasteiger partial charge on any atom is -1.00 e. The molecule has 1 aromatic carbocycles. The molecule has 0 radical (unpaired) electrons. The van der Waals surface area contributed by atoms with Crippen molar-refractivity contribution < 1.29 is 26.4 Å². The van der Waals surface area contributed by atoms with E-state index >= 15 is 0 Å². The van der Waals surface area contributed by atoms with E-state index < -0.39 is 0 Å². The average molecular weight is 272 g/mol. The maximum Gasteiger partial charge on any atom is 0.161 e. The van der Waals surface area contributed by atoms with Gasteiger partial charge in [0, 0.05) is 12.0 Å². The van der Waals surface area contributed by atoms with Gasteiger partial charge in [-0.2, -0.15) is 0 Å². The molecule has 4 heteroatoms. The molecular weight excluding hydrogens is 250 g/mol. The second kappa shape index (κ2) is 5.37. The maximum atomic E-state index is 5.37. The molecule has 0 aliphatic carbocycles. The number of rotatable bonds is 2. The van der Waals surface area contributed by atoms with Crippen LogP contribution in [-0.4, -0.2) is 38.8 Å². The Kier molecular flexibility index (Phi) is 4.51. The van der Waals surface area contributed by atoms with E-state index in [4.69, 9.17) is 9.47 Å². The first kappa shape index (κ1) is 15.1. The Morgan fingerprint density at radius 3 is 2.06 bits per heavy atom. The molecule has 102 valence electrons. The van der Waals surface area contributed by atoms with Crippen molar-refractivity contribution >= 4 is 0 Å². The van der Waals surface area contributed by atoms with E-state index in [-0.39, 0.29) is 12.4 Å². The van der Waals surface area contributed by atoms with Gasteiger partial charge in [-0.25, -0.2) is 0 Å². The van der Waals surface area contributed by atoms with Crippen LogP contribution in [0.25, 0.3) is 0 Å². The van der Waals surface area contributed by atoms with Gasteiger partial charge in [0.25, 0.3) is 0 Å². The Morgan fingerprint density at radius 2 is 1.56 bits per heavy atom.